The summed E-state index contributed by atoms with van der Waals surface area (Å²) in [6.07, 6.45) is 7.94. The van der Waals surface area contributed by atoms with Crippen LogP contribution in [0.2, 0.25) is 0 Å². The Kier molecular flexibility index (Phi) is 3.05. The molecule has 1 aliphatic heterocycles. The van der Waals surface area contributed by atoms with Gasteiger partial charge in [-0.1, -0.05) is 30.4 Å². The number of hydrogen-bond donors (Lipinski definition) is 1. The standard InChI is InChI=1S/C13H13NO2/c15-13(16)8-10-14-9-4-3-6-11-5-1-2-7-12(11)14/h1-7,9H,8,10H2,(H,15,16). The number of carboxylic acids is 1. The lowest BCUT2D eigenvalue weighted by Crippen LogP contribution is -2.20. The van der Waals surface area contributed by atoms with Crippen LogP contribution in [0.25, 0.3) is 6.08 Å². The minimum absolute atomic E-state index is 0.138. The summed E-state index contributed by atoms with van der Waals surface area (Å²) in [6, 6.07) is 7.95. The largest absolute Gasteiger partial charge is 0.481 e. The number of carbonyl (C=O) groups is 1. The molecule has 0 atom stereocenters. The first-order chi connectivity index (χ1) is 7.77. The van der Waals surface area contributed by atoms with Gasteiger partial charge < -0.3 is 10.0 Å². The van der Waals surface area contributed by atoms with Crippen LogP contribution in [0.3, 0.4) is 0 Å². The van der Waals surface area contributed by atoms with Crippen molar-refractivity contribution in [1.82, 2.24) is 0 Å². The molecule has 0 radical (unpaired) electrons. The van der Waals surface area contributed by atoms with E-state index in [0.29, 0.717) is 6.54 Å². The van der Waals surface area contributed by atoms with E-state index in [1.165, 1.54) is 0 Å². The predicted octanol–water partition coefficient (Wildman–Crippen LogP) is 2.51. The SMILES string of the molecule is O=C(O)CCN1C=CC=Cc2ccccc21. The molecule has 1 heterocycles. The van der Waals surface area contributed by atoms with Crippen LogP contribution in [0.4, 0.5) is 5.69 Å². The van der Waals surface area contributed by atoms with E-state index in [1.54, 1.807) is 0 Å². The molecule has 0 spiro atoms. The molecule has 0 aromatic heterocycles. The van der Waals surface area contributed by atoms with E-state index in [9.17, 15) is 4.79 Å². The normalized spacial score (nSPS) is 13.4. The molecule has 1 aromatic carbocycles. The molecule has 0 saturated carbocycles. The van der Waals surface area contributed by atoms with E-state index in [1.807, 2.05) is 53.6 Å². The second kappa shape index (κ2) is 4.66. The summed E-state index contributed by atoms with van der Waals surface area (Å²) < 4.78 is 0. The Hall–Kier alpha value is -2.03. The predicted molar refractivity (Wildman–Crippen MR) is 64.2 cm³/mol. The van der Waals surface area contributed by atoms with Crippen molar-refractivity contribution < 1.29 is 9.90 Å². The zero-order valence-electron chi connectivity index (χ0n) is 8.84. The van der Waals surface area contributed by atoms with Crippen molar-refractivity contribution in [3.63, 3.8) is 0 Å². The minimum atomic E-state index is -0.775. The van der Waals surface area contributed by atoms with Crippen molar-refractivity contribution in [3.05, 3.63) is 48.2 Å². The van der Waals surface area contributed by atoms with Gasteiger partial charge in [0.25, 0.3) is 0 Å². The van der Waals surface area contributed by atoms with E-state index in [-0.39, 0.29) is 6.42 Å². The van der Waals surface area contributed by atoms with Crippen molar-refractivity contribution in [1.29, 1.82) is 0 Å². The number of rotatable bonds is 3. The Morgan fingerprint density at radius 1 is 1.25 bits per heavy atom. The molecule has 2 rings (SSSR count). The minimum Gasteiger partial charge on any atom is -0.481 e. The van der Waals surface area contributed by atoms with Gasteiger partial charge in [-0.3, -0.25) is 4.79 Å². The Labute approximate surface area is 94.3 Å². The van der Waals surface area contributed by atoms with E-state index >= 15 is 0 Å². The highest BCUT2D eigenvalue weighted by Gasteiger charge is 2.09. The summed E-state index contributed by atoms with van der Waals surface area (Å²) in [5, 5.41) is 8.70. The number of aliphatic carboxylic acids is 1. The van der Waals surface area contributed by atoms with Crippen LogP contribution in [0.5, 0.6) is 0 Å². The zero-order valence-corrected chi connectivity index (χ0v) is 8.84. The van der Waals surface area contributed by atoms with Crippen molar-refractivity contribution in [2.45, 2.75) is 6.42 Å². The number of para-hydroxylation sites is 1. The quantitative estimate of drug-likeness (QED) is 0.842. The summed E-state index contributed by atoms with van der Waals surface area (Å²) in [4.78, 5) is 12.5. The summed E-state index contributed by atoms with van der Waals surface area (Å²) in [7, 11) is 0. The maximum atomic E-state index is 10.6. The number of nitrogens with zero attached hydrogens (tertiary/aromatic N) is 1. The van der Waals surface area contributed by atoms with Gasteiger partial charge in [0.05, 0.1) is 6.42 Å². The summed E-state index contributed by atoms with van der Waals surface area (Å²) in [6.45, 7) is 0.491. The van der Waals surface area contributed by atoms with Crippen LogP contribution in [0.1, 0.15) is 12.0 Å². The Morgan fingerprint density at radius 3 is 2.88 bits per heavy atom. The van der Waals surface area contributed by atoms with Crippen LogP contribution < -0.4 is 4.90 Å². The summed E-state index contributed by atoms with van der Waals surface area (Å²) in [5.41, 5.74) is 2.16. The third kappa shape index (κ3) is 2.31. The fourth-order valence-electron chi connectivity index (χ4n) is 1.69. The van der Waals surface area contributed by atoms with Gasteiger partial charge in [0.15, 0.2) is 0 Å². The summed E-state index contributed by atoms with van der Waals surface area (Å²) >= 11 is 0. The number of anilines is 1. The molecule has 0 bridgehead atoms. The molecule has 0 aliphatic carbocycles. The molecular weight excluding hydrogens is 202 g/mol. The molecule has 0 amide bonds. The number of benzene rings is 1. The lowest BCUT2D eigenvalue weighted by Gasteiger charge is -2.20. The maximum absolute atomic E-state index is 10.6. The first-order valence-corrected chi connectivity index (χ1v) is 5.20. The number of hydrogen-bond acceptors (Lipinski definition) is 2. The molecule has 1 N–H and O–H groups in total. The first-order valence-electron chi connectivity index (χ1n) is 5.20. The number of allylic oxidation sites excluding steroid dienone is 2. The molecule has 3 heteroatoms. The van der Waals surface area contributed by atoms with Gasteiger partial charge in [-0.2, -0.15) is 0 Å². The monoisotopic (exact) mass is 215 g/mol. The van der Waals surface area contributed by atoms with E-state index in [0.717, 1.165) is 11.3 Å². The zero-order chi connectivity index (χ0) is 11.4. The van der Waals surface area contributed by atoms with Gasteiger partial charge in [0, 0.05) is 18.4 Å². The van der Waals surface area contributed by atoms with E-state index in [4.69, 9.17) is 5.11 Å². The van der Waals surface area contributed by atoms with Crippen LogP contribution in [0.15, 0.2) is 42.6 Å². The average molecular weight is 215 g/mol. The molecule has 16 heavy (non-hydrogen) atoms. The highest BCUT2D eigenvalue weighted by atomic mass is 16.4. The fraction of sp³-hybridized carbons (Fsp3) is 0.154. The van der Waals surface area contributed by atoms with Crippen LogP contribution >= 0.6 is 0 Å². The number of carboxylic acid groups (broad SMARTS) is 1. The Morgan fingerprint density at radius 2 is 2.06 bits per heavy atom. The van der Waals surface area contributed by atoms with Crippen molar-refractivity contribution >= 4 is 17.7 Å². The van der Waals surface area contributed by atoms with Crippen molar-refractivity contribution in [2.24, 2.45) is 0 Å². The van der Waals surface area contributed by atoms with Gasteiger partial charge in [-0.25, -0.2) is 0 Å². The molecule has 82 valence electrons. The maximum Gasteiger partial charge on any atom is 0.305 e. The van der Waals surface area contributed by atoms with Gasteiger partial charge in [-0.15, -0.1) is 0 Å². The molecule has 1 aromatic rings. The molecular formula is C13H13NO2. The van der Waals surface area contributed by atoms with Gasteiger partial charge in [0.1, 0.15) is 0 Å². The molecule has 0 unspecified atom stereocenters. The second-order valence-corrected chi connectivity index (χ2v) is 3.60. The summed E-state index contributed by atoms with van der Waals surface area (Å²) in [5.74, 6) is -0.775. The Balaban J connectivity index is 2.24. The van der Waals surface area contributed by atoms with Crippen LogP contribution in [-0.4, -0.2) is 17.6 Å². The van der Waals surface area contributed by atoms with Crippen molar-refractivity contribution in [2.75, 3.05) is 11.4 Å². The molecule has 0 fully saturated rings. The molecule has 1 aliphatic rings. The van der Waals surface area contributed by atoms with Gasteiger partial charge >= 0.3 is 5.97 Å². The fourth-order valence-corrected chi connectivity index (χ4v) is 1.69. The third-order valence-corrected chi connectivity index (χ3v) is 2.47. The van der Waals surface area contributed by atoms with Crippen molar-refractivity contribution in [3.8, 4) is 0 Å². The highest BCUT2D eigenvalue weighted by Crippen LogP contribution is 2.24. The smallest absolute Gasteiger partial charge is 0.305 e. The van der Waals surface area contributed by atoms with E-state index < -0.39 is 5.97 Å². The average Bonchev–Trinajstić information content (AvgIpc) is 2.48. The van der Waals surface area contributed by atoms with Gasteiger partial charge in [-0.05, 0) is 17.7 Å². The lowest BCUT2D eigenvalue weighted by atomic mass is 10.1. The highest BCUT2D eigenvalue weighted by molar-refractivity contribution is 5.73. The van der Waals surface area contributed by atoms with Crippen LogP contribution in [-0.2, 0) is 4.79 Å². The number of fused-ring (bicyclic) bond motifs is 1. The topological polar surface area (TPSA) is 40.5 Å². The molecule has 0 saturated heterocycles. The second-order valence-electron chi connectivity index (χ2n) is 3.60. The molecule has 3 nitrogen and oxygen atoms in total. The lowest BCUT2D eigenvalue weighted by molar-refractivity contribution is -0.136. The van der Waals surface area contributed by atoms with E-state index in [2.05, 4.69) is 0 Å². The first kappa shape index (κ1) is 10.5. The third-order valence-electron chi connectivity index (χ3n) is 2.47. The Bertz CT molecular complexity index is 449. The van der Waals surface area contributed by atoms with Gasteiger partial charge in [0.2, 0.25) is 0 Å². The van der Waals surface area contributed by atoms with Crippen LogP contribution in [0, 0.1) is 0 Å².